The van der Waals surface area contributed by atoms with Crippen molar-refractivity contribution in [3.63, 3.8) is 0 Å². The first-order chi connectivity index (χ1) is 15.7. The number of aliphatic hydroxyl groups excluding tert-OH is 1. The average Bonchev–Trinajstić information content (AvgIpc) is 2.78. The maximum absolute atomic E-state index is 13.0. The van der Waals surface area contributed by atoms with E-state index in [1.54, 1.807) is 0 Å². The maximum Gasteiger partial charge on any atom is 0.416 e. The lowest BCUT2D eigenvalue weighted by Crippen LogP contribution is -2.63. The molecule has 0 spiro atoms. The summed E-state index contributed by atoms with van der Waals surface area (Å²) in [6, 6.07) is 3.60. The summed E-state index contributed by atoms with van der Waals surface area (Å²) in [5, 5.41) is 15.6. The molecule has 1 aliphatic heterocycles. The van der Waals surface area contributed by atoms with E-state index in [2.05, 4.69) is 25.5 Å². The van der Waals surface area contributed by atoms with Crippen LogP contribution in [-0.2, 0) is 11.0 Å². The number of rotatable bonds is 7. The van der Waals surface area contributed by atoms with Crippen LogP contribution in [-0.4, -0.2) is 70.4 Å². The zero-order chi connectivity index (χ0) is 23.6. The van der Waals surface area contributed by atoms with Crippen LogP contribution in [0, 0.1) is 5.92 Å². The number of halogens is 4. The number of nitrogens with one attached hydrogen (secondary N) is 2. The van der Waals surface area contributed by atoms with Crippen molar-refractivity contribution >= 4 is 22.6 Å². The van der Waals surface area contributed by atoms with E-state index in [1.807, 2.05) is 0 Å². The van der Waals surface area contributed by atoms with Crippen molar-refractivity contribution in [3.8, 4) is 0 Å². The number of hydrogen-bond donors (Lipinski definition) is 3. The Morgan fingerprint density at radius 3 is 2.58 bits per heavy atom. The monoisotopic (exact) mass is 469 g/mol. The minimum Gasteiger partial charge on any atom is -0.390 e. The molecule has 0 radical (unpaired) electrons. The second-order valence-electron chi connectivity index (χ2n) is 8.81. The summed E-state index contributed by atoms with van der Waals surface area (Å²) in [5.41, 5.74) is -0.454. The second kappa shape index (κ2) is 9.76. The van der Waals surface area contributed by atoms with Crippen molar-refractivity contribution in [1.82, 2.24) is 20.2 Å². The van der Waals surface area contributed by atoms with E-state index in [0.717, 1.165) is 50.9 Å². The highest BCUT2D eigenvalue weighted by Gasteiger charge is 2.36. The minimum absolute atomic E-state index is 0.00688. The number of fused-ring (bicyclic) bond motifs is 1. The average molecular weight is 469 g/mol. The van der Waals surface area contributed by atoms with E-state index in [0.29, 0.717) is 11.6 Å². The quantitative estimate of drug-likeness (QED) is 0.541. The van der Waals surface area contributed by atoms with Crippen LogP contribution in [0.15, 0.2) is 24.5 Å². The summed E-state index contributed by atoms with van der Waals surface area (Å²) in [6.45, 7) is 0.622. The number of likely N-dealkylation sites (tertiary alicyclic amines) is 1. The molecule has 0 bridgehead atoms. The van der Waals surface area contributed by atoms with Crippen LogP contribution in [0.2, 0.25) is 0 Å². The van der Waals surface area contributed by atoms with Gasteiger partial charge in [0.1, 0.15) is 18.8 Å². The molecule has 2 fully saturated rings. The molecule has 1 amide bonds. The Bertz CT molecular complexity index is 975. The molecule has 7 nitrogen and oxygen atoms in total. The van der Waals surface area contributed by atoms with Gasteiger partial charge >= 0.3 is 6.18 Å². The van der Waals surface area contributed by atoms with Gasteiger partial charge < -0.3 is 15.7 Å². The van der Waals surface area contributed by atoms with Crippen molar-refractivity contribution in [2.24, 2.45) is 5.92 Å². The van der Waals surface area contributed by atoms with Gasteiger partial charge in [-0.3, -0.25) is 9.69 Å². The predicted octanol–water partition coefficient (Wildman–Crippen LogP) is 2.75. The van der Waals surface area contributed by atoms with Gasteiger partial charge in [-0.2, -0.15) is 13.2 Å². The normalized spacial score (nSPS) is 23.2. The van der Waals surface area contributed by atoms with E-state index >= 15 is 0 Å². The number of nitrogens with zero attached hydrogens (tertiary/aromatic N) is 3. The number of anilines is 1. The van der Waals surface area contributed by atoms with Gasteiger partial charge in [0.05, 0.1) is 29.8 Å². The van der Waals surface area contributed by atoms with Gasteiger partial charge in [-0.1, -0.05) is 0 Å². The van der Waals surface area contributed by atoms with Gasteiger partial charge in [0, 0.05) is 24.5 Å². The van der Waals surface area contributed by atoms with Crippen LogP contribution in [0.3, 0.4) is 0 Å². The molecular weight excluding hydrogens is 442 g/mol. The number of aromatic nitrogens is 2. The fourth-order valence-electron chi connectivity index (χ4n) is 4.70. The SMILES string of the molecule is O=C(CNc1ncnc2ccc(C(F)(F)F)cc12)NC1CN(C2CCC(C(O)CF)CC2)C1. The molecule has 2 aliphatic rings. The van der Waals surface area contributed by atoms with Gasteiger partial charge in [-0.15, -0.1) is 0 Å². The summed E-state index contributed by atoms with van der Waals surface area (Å²) in [6.07, 6.45) is -0.696. The number of hydrogen-bond acceptors (Lipinski definition) is 6. The first kappa shape index (κ1) is 23.6. The highest BCUT2D eigenvalue weighted by Crippen LogP contribution is 2.33. The predicted molar refractivity (Wildman–Crippen MR) is 114 cm³/mol. The van der Waals surface area contributed by atoms with Crippen molar-refractivity contribution in [1.29, 1.82) is 0 Å². The van der Waals surface area contributed by atoms with Crippen LogP contribution >= 0.6 is 0 Å². The lowest BCUT2D eigenvalue weighted by molar-refractivity contribution is -0.137. The third-order valence-corrected chi connectivity index (χ3v) is 6.61. The van der Waals surface area contributed by atoms with Crippen LogP contribution in [0.25, 0.3) is 10.9 Å². The Kier molecular flexibility index (Phi) is 6.99. The molecule has 180 valence electrons. The first-order valence-corrected chi connectivity index (χ1v) is 11.1. The third-order valence-electron chi connectivity index (χ3n) is 6.61. The highest BCUT2D eigenvalue weighted by atomic mass is 19.4. The standard InChI is InChI=1S/C22H27F4N5O2/c23-8-19(32)13-1-4-16(5-2-13)31-10-15(11-31)30-20(33)9-27-21-17-7-14(22(24,25)26)3-6-18(17)28-12-29-21/h3,6-7,12-13,15-16,19,32H,1-2,4-5,8-11H2,(H,30,33)(H,27,28,29). The van der Waals surface area contributed by atoms with Crippen molar-refractivity contribution in [2.45, 2.75) is 50.0 Å². The molecule has 1 atom stereocenters. The van der Waals surface area contributed by atoms with Gasteiger partial charge in [-0.25, -0.2) is 14.4 Å². The molecule has 3 N–H and O–H groups in total. The van der Waals surface area contributed by atoms with E-state index in [-0.39, 0.29) is 35.6 Å². The molecule has 11 heteroatoms. The van der Waals surface area contributed by atoms with E-state index in [1.165, 1.54) is 12.4 Å². The van der Waals surface area contributed by atoms with Crippen LogP contribution in [0.4, 0.5) is 23.4 Å². The minimum atomic E-state index is -4.49. The molecule has 1 aromatic heterocycles. The number of benzene rings is 1. The van der Waals surface area contributed by atoms with Crippen molar-refractivity contribution < 1.29 is 27.5 Å². The molecule has 1 aliphatic carbocycles. The van der Waals surface area contributed by atoms with Gasteiger partial charge in [0.2, 0.25) is 5.91 Å². The second-order valence-corrected chi connectivity index (χ2v) is 8.81. The number of alkyl halides is 4. The van der Waals surface area contributed by atoms with E-state index < -0.39 is 24.5 Å². The zero-order valence-electron chi connectivity index (χ0n) is 18.0. The number of aliphatic hydroxyl groups is 1. The van der Waals surface area contributed by atoms with Gasteiger partial charge in [-0.05, 0) is 49.8 Å². The van der Waals surface area contributed by atoms with E-state index in [9.17, 15) is 27.5 Å². The Hall–Kier alpha value is -2.53. The summed E-state index contributed by atoms with van der Waals surface area (Å²) < 4.78 is 51.7. The van der Waals surface area contributed by atoms with Crippen LogP contribution in [0.1, 0.15) is 31.2 Å². The fourth-order valence-corrected chi connectivity index (χ4v) is 4.70. The largest absolute Gasteiger partial charge is 0.416 e. The van der Waals surface area contributed by atoms with Crippen LogP contribution in [0.5, 0.6) is 0 Å². The number of carbonyl (C=O) groups excluding carboxylic acids is 1. The summed E-state index contributed by atoms with van der Waals surface area (Å²) in [7, 11) is 0. The van der Waals surface area contributed by atoms with Crippen molar-refractivity contribution in [3.05, 3.63) is 30.1 Å². The smallest absolute Gasteiger partial charge is 0.390 e. The van der Waals surface area contributed by atoms with Crippen LogP contribution < -0.4 is 10.6 Å². The fraction of sp³-hybridized carbons (Fsp3) is 0.591. The molecule has 1 unspecified atom stereocenters. The molecule has 1 aromatic carbocycles. The lowest BCUT2D eigenvalue weighted by Gasteiger charge is -2.47. The summed E-state index contributed by atoms with van der Waals surface area (Å²) in [5.74, 6) is -0.0731. The van der Waals surface area contributed by atoms with E-state index in [4.69, 9.17) is 0 Å². The van der Waals surface area contributed by atoms with Crippen molar-refractivity contribution in [2.75, 3.05) is 31.6 Å². The third kappa shape index (κ3) is 5.52. The first-order valence-electron chi connectivity index (χ1n) is 11.1. The molecule has 1 saturated heterocycles. The number of carbonyl (C=O) groups is 1. The molecule has 2 heterocycles. The molecule has 4 rings (SSSR count). The Morgan fingerprint density at radius 1 is 1.18 bits per heavy atom. The Morgan fingerprint density at radius 2 is 1.91 bits per heavy atom. The van der Waals surface area contributed by atoms with Gasteiger partial charge in [0.15, 0.2) is 0 Å². The molecule has 33 heavy (non-hydrogen) atoms. The molecular formula is C22H27F4N5O2. The Labute approximate surface area is 188 Å². The lowest BCUT2D eigenvalue weighted by atomic mass is 9.81. The topological polar surface area (TPSA) is 90.4 Å². The summed E-state index contributed by atoms with van der Waals surface area (Å²) in [4.78, 5) is 22.6. The maximum atomic E-state index is 13.0. The van der Waals surface area contributed by atoms with Gasteiger partial charge in [0.25, 0.3) is 0 Å². The Balaban J connectivity index is 1.24. The zero-order valence-corrected chi connectivity index (χ0v) is 18.0. The number of amides is 1. The molecule has 2 aromatic rings. The highest BCUT2D eigenvalue weighted by molar-refractivity contribution is 5.91. The molecule has 1 saturated carbocycles. The summed E-state index contributed by atoms with van der Waals surface area (Å²) >= 11 is 0.